The van der Waals surface area contributed by atoms with Crippen LogP contribution in [-0.4, -0.2) is 24.0 Å². The Morgan fingerprint density at radius 3 is 2.75 bits per heavy atom. The number of likely N-dealkylation sites (tertiary alicyclic amines) is 1. The number of rotatable bonds is 5. The normalized spacial score (nSPS) is 32.1. The summed E-state index contributed by atoms with van der Waals surface area (Å²) in [4.78, 5) is 2.67. The Labute approximate surface area is 101 Å². The zero-order chi connectivity index (χ0) is 12.0. The topological polar surface area (TPSA) is 3.24 Å². The predicted octanol–water partition coefficient (Wildman–Crippen LogP) is 3.88. The molecule has 1 aliphatic heterocycles. The van der Waals surface area contributed by atoms with Crippen LogP contribution in [0.5, 0.6) is 0 Å². The Hall–Kier alpha value is -0.560. The maximum absolute atomic E-state index is 3.83. The molecule has 0 spiro atoms. The van der Waals surface area contributed by atoms with Crippen LogP contribution in [0, 0.1) is 11.8 Å². The third kappa shape index (κ3) is 3.79. The smallest absolute Gasteiger partial charge is 0.0156 e. The molecular formula is C15H27N. The Kier molecular flexibility index (Phi) is 5.83. The van der Waals surface area contributed by atoms with E-state index in [1.807, 2.05) is 6.08 Å². The molecule has 1 aliphatic rings. The molecule has 16 heavy (non-hydrogen) atoms. The molecule has 0 saturated carbocycles. The van der Waals surface area contributed by atoms with Crippen molar-refractivity contribution in [2.24, 2.45) is 11.8 Å². The first-order valence-corrected chi connectivity index (χ1v) is 6.65. The molecule has 1 heterocycles. The Morgan fingerprint density at radius 1 is 1.38 bits per heavy atom. The molecular weight excluding hydrogens is 194 g/mol. The van der Waals surface area contributed by atoms with E-state index in [-0.39, 0.29) is 0 Å². The van der Waals surface area contributed by atoms with Gasteiger partial charge in [-0.25, -0.2) is 0 Å². The lowest BCUT2D eigenvalue weighted by atomic mass is 9.83. The van der Waals surface area contributed by atoms with Crippen molar-refractivity contribution in [1.82, 2.24) is 4.90 Å². The van der Waals surface area contributed by atoms with E-state index >= 15 is 0 Å². The van der Waals surface area contributed by atoms with E-state index in [9.17, 15) is 0 Å². The summed E-state index contributed by atoms with van der Waals surface area (Å²) >= 11 is 0. The van der Waals surface area contributed by atoms with Gasteiger partial charge in [0.25, 0.3) is 0 Å². The van der Waals surface area contributed by atoms with Gasteiger partial charge in [-0.15, -0.1) is 6.58 Å². The summed E-state index contributed by atoms with van der Waals surface area (Å²) in [5.41, 5.74) is 0. The molecule has 1 rings (SSSR count). The fraction of sp³-hybridized carbons (Fsp3) is 0.733. The van der Waals surface area contributed by atoms with Gasteiger partial charge in [0.15, 0.2) is 0 Å². The van der Waals surface area contributed by atoms with Crippen molar-refractivity contribution >= 4 is 0 Å². The number of nitrogens with zero attached hydrogens (tertiary/aromatic N) is 1. The van der Waals surface area contributed by atoms with Crippen LogP contribution < -0.4 is 0 Å². The first kappa shape index (κ1) is 13.5. The minimum atomic E-state index is 0.743. The molecule has 92 valence electrons. The minimum Gasteiger partial charge on any atom is -0.299 e. The minimum absolute atomic E-state index is 0.743. The van der Waals surface area contributed by atoms with Crippen molar-refractivity contribution < 1.29 is 0 Å². The summed E-state index contributed by atoms with van der Waals surface area (Å²) in [5, 5.41) is 0. The average Bonchev–Trinajstić information content (AvgIpc) is 2.24. The van der Waals surface area contributed by atoms with E-state index in [0.717, 1.165) is 24.3 Å². The molecule has 0 N–H and O–H groups in total. The van der Waals surface area contributed by atoms with Gasteiger partial charge < -0.3 is 0 Å². The van der Waals surface area contributed by atoms with Gasteiger partial charge in [-0.3, -0.25) is 4.90 Å². The quantitative estimate of drug-likeness (QED) is 0.637. The summed E-state index contributed by atoms with van der Waals surface area (Å²) in [6.07, 6.45) is 10.2. The van der Waals surface area contributed by atoms with E-state index in [2.05, 4.69) is 44.4 Å². The van der Waals surface area contributed by atoms with Crippen LogP contribution in [0.3, 0.4) is 0 Å². The van der Waals surface area contributed by atoms with Crippen LogP contribution in [0.2, 0.25) is 0 Å². The van der Waals surface area contributed by atoms with Crippen LogP contribution >= 0.6 is 0 Å². The second kappa shape index (κ2) is 6.90. The number of allylic oxidation sites excluding steroid dienone is 1. The van der Waals surface area contributed by atoms with Crippen molar-refractivity contribution in [3.63, 3.8) is 0 Å². The standard InChI is InChI=1S/C15H27N/c1-5-7-9-15-14(4)11-13(3)12-16(15)10-8-6-2/h5-7,13-15H,2,8-12H2,1,3-4H3. The van der Waals surface area contributed by atoms with Crippen molar-refractivity contribution in [3.05, 3.63) is 24.8 Å². The van der Waals surface area contributed by atoms with E-state index in [4.69, 9.17) is 0 Å². The lowest BCUT2D eigenvalue weighted by molar-refractivity contribution is 0.0719. The van der Waals surface area contributed by atoms with Gasteiger partial charge in [-0.1, -0.05) is 32.1 Å². The lowest BCUT2D eigenvalue weighted by Gasteiger charge is -2.42. The number of hydrogen-bond donors (Lipinski definition) is 0. The monoisotopic (exact) mass is 221 g/mol. The van der Waals surface area contributed by atoms with Crippen LogP contribution in [-0.2, 0) is 0 Å². The largest absolute Gasteiger partial charge is 0.299 e. The van der Waals surface area contributed by atoms with Gasteiger partial charge in [-0.2, -0.15) is 0 Å². The summed E-state index contributed by atoms with van der Waals surface area (Å²) in [7, 11) is 0. The van der Waals surface area contributed by atoms with E-state index in [0.29, 0.717) is 0 Å². The Bertz CT molecular complexity index is 232. The molecule has 0 amide bonds. The van der Waals surface area contributed by atoms with Gasteiger partial charge >= 0.3 is 0 Å². The fourth-order valence-electron chi connectivity index (χ4n) is 2.93. The maximum Gasteiger partial charge on any atom is 0.0156 e. The zero-order valence-electron chi connectivity index (χ0n) is 11.2. The fourth-order valence-corrected chi connectivity index (χ4v) is 2.93. The van der Waals surface area contributed by atoms with Crippen LogP contribution in [0.1, 0.15) is 40.0 Å². The van der Waals surface area contributed by atoms with E-state index < -0.39 is 0 Å². The highest BCUT2D eigenvalue weighted by atomic mass is 15.2. The van der Waals surface area contributed by atoms with Gasteiger partial charge in [0.1, 0.15) is 0 Å². The summed E-state index contributed by atoms with van der Waals surface area (Å²) in [5.74, 6) is 1.67. The van der Waals surface area contributed by atoms with Crippen LogP contribution in [0.15, 0.2) is 24.8 Å². The number of hydrogen-bond acceptors (Lipinski definition) is 1. The molecule has 1 heteroatoms. The van der Waals surface area contributed by atoms with E-state index in [1.54, 1.807) is 0 Å². The lowest BCUT2D eigenvalue weighted by Crippen LogP contribution is -2.47. The summed E-state index contributed by atoms with van der Waals surface area (Å²) in [6.45, 7) is 13.2. The molecule has 0 aliphatic carbocycles. The molecule has 3 unspecified atom stereocenters. The highest BCUT2D eigenvalue weighted by Crippen LogP contribution is 2.29. The van der Waals surface area contributed by atoms with E-state index in [1.165, 1.54) is 25.9 Å². The summed E-state index contributed by atoms with van der Waals surface area (Å²) in [6, 6.07) is 0.743. The van der Waals surface area contributed by atoms with Crippen molar-refractivity contribution in [2.45, 2.75) is 46.1 Å². The second-order valence-electron chi connectivity index (χ2n) is 5.26. The zero-order valence-corrected chi connectivity index (χ0v) is 11.2. The van der Waals surface area contributed by atoms with Crippen LogP contribution in [0.25, 0.3) is 0 Å². The van der Waals surface area contributed by atoms with Gasteiger partial charge in [0, 0.05) is 19.1 Å². The van der Waals surface area contributed by atoms with Crippen molar-refractivity contribution in [3.8, 4) is 0 Å². The van der Waals surface area contributed by atoms with Crippen molar-refractivity contribution in [1.29, 1.82) is 0 Å². The van der Waals surface area contributed by atoms with Gasteiger partial charge in [-0.05, 0) is 38.0 Å². The third-order valence-corrected chi connectivity index (χ3v) is 3.68. The van der Waals surface area contributed by atoms with Gasteiger partial charge in [0.05, 0.1) is 0 Å². The van der Waals surface area contributed by atoms with Crippen molar-refractivity contribution in [2.75, 3.05) is 13.1 Å². The maximum atomic E-state index is 3.83. The average molecular weight is 221 g/mol. The molecule has 0 aromatic carbocycles. The predicted molar refractivity (Wildman–Crippen MR) is 72.6 cm³/mol. The van der Waals surface area contributed by atoms with Crippen LogP contribution in [0.4, 0.5) is 0 Å². The molecule has 0 bridgehead atoms. The molecule has 1 saturated heterocycles. The molecule has 0 aromatic heterocycles. The third-order valence-electron chi connectivity index (χ3n) is 3.68. The molecule has 0 aromatic rings. The Morgan fingerprint density at radius 2 is 2.12 bits per heavy atom. The highest BCUT2D eigenvalue weighted by Gasteiger charge is 2.30. The number of piperidine rings is 1. The highest BCUT2D eigenvalue weighted by molar-refractivity contribution is 4.92. The SMILES string of the molecule is C=CCCN1CC(C)CC(C)C1CC=CC. The summed E-state index contributed by atoms with van der Waals surface area (Å²) < 4.78 is 0. The molecule has 1 fully saturated rings. The first-order chi connectivity index (χ1) is 7.69. The first-order valence-electron chi connectivity index (χ1n) is 6.65. The molecule has 1 nitrogen and oxygen atoms in total. The van der Waals surface area contributed by atoms with Gasteiger partial charge in [0.2, 0.25) is 0 Å². The Balaban J connectivity index is 2.60. The molecule has 3 atom stereocenters. The molecule has 0 radical (unpaired) electrons. The second-order valence-corrected chi connectivity index (χ2v) is 5.26.